The van der Waals surface area contributed by atoms with Crippen LogP contribution in [0, 0.1) is 6.92 Å². The second kappa shape index (κ2) is 8.83. The maximum absolute atomic E-state index is 13.9. The Balaban J connectivity index is 1.61. The minimum Gasteiger partial charge on any atom is -0.363 e. The molecular formula is C30H19N2O10S2+. The molecule has 1 heterocycles. The van der Waals surface area contributed by atoms with E-state index < -0.39 is 75.9 Å². The largest absolute Gasteiger partial charge is 0.363 e. The molecule has 0 aromatic heterocycles. The van der Waals surface area contributed by atoms with Gasteiger partial charge in [-0.3, -0.25) is 28.3 Å². The second-order valence-electron chi connectivity index (χ2n) is 10.7. The Morgan fingerprint density at radius 1 is 0.682 bits per heavy atom. The highest BCUT2D eigenvalue weighted by Gasteiger charge is 2.52. The molecule has 12 nitrogen and oxygen atoms in total. The molecule has 1 aliphatic heterocycles. The number of carbonyl (C=O) groups excluding carboxylic acids is 4. The molecule has 0 bridgehead atoms. The van der Waals surface area contributed by atoms with Crippen LogP contribution in [0.5, 0.6) is 0 Å². The van der Waals surface area contributed by atoms with Crippen LogP contribution in [-0.2, 0) is 20.2 Å². The van der Waals surface area contributed by atoms with Gasteiger partial charge in [-0.15, -0.1) is 0 Å². The second-order valence-corrected chi connectivity index (χ2v) is 13.4. The molecule has 7 rings (SSSR count). The van der Waals surface area contributed by atoms with E-state index in [0.29, 0.717) is 0 Å². The predicted octanol–water partition coefficient (Wildman–Crippen LogP) is 1.52. The van der Waals surface area contributed by atoms with Gasteiger partial charge in [0.15, 0.2) is 17.3 Å². The zero-order valence-corrected chi connectivity index (χ0v) is 24.3. The Bertz CT molecular complexity index is 2350. The summed E-state index contributed by atoms with van der Waals surface area (Å²) in [6.45, 7) is 2.59. The van der Waals surface area contributed by atoms with Gasteiger partial charge in [0.2, 0.25) is 17.2 Å². The van der Waals surface area contributed by atoms with Crippen LogP contribution in [0.3, 0.4) is 0 Å². The SMILES string of the molecule is CC1=C(S(=O)(=O)O)C2=C(C(=O)c3ccccc3C2=O)C2=[NH+]c3c(C)c(S(=O)(=O)O)c4c(c3NC21)C(=O)c1ccccc1C4=O. The number of anilines is 1. The van der Waals surface area contributed by atoms with Crippen molar-refractivity contribution in [1.82, 2.24) is 0 Å². The molecule has 4 N–H and O–H groups in total. The fourth-order valence-electron chi connectivity index (χ4n) is 6.53. The summed E-state index contributed by atoms with van der Waals surface area (Å²) in [6, 6.07) is 10.2. The summed E-state index contributed by atoms with van der Waals surface area (Å²) in [4.78, 5) is 56.5. The molecule has 0 saturated carbocycles. The number of fused-ring (bicyclic) bond motifs is 7. The Kier molecular flexibility index (Phi) is 5.60. The van der Waals surface area contributed by atoms with Crippen molar-refractivity contribution in [2.75, 3.05) is 5.32 Å². The van der Waals surface area contributed by atoms with Gasteiger partial charge in [0.1, 0.15) is 27.1 Å². The first-order chi connectivity index (χ1) is 20.6. The Morgan fingerprint density at radius 3 is 1.66 bits per heavy atom. The van der Waals surface area contributed by atoms with Crippen LogP contribution in [0.15, 0.2) is 75.1 Å². The number of benzene rings is 3. The first-order valence-corrected chi connectivity index (χ1v) is 15.9. The summed E-state index contributed by atoms with van der Waals surface area (Å²) < 4.78 is 71.6. The fourth-order valence-corrected chi connectivity index (χ4v) is 8.45. The number of rotatable bonds is 2. The highest BCUT2D eigenvalue weighted by atomic mass is 32.2. The normalized spacial score (nSPS) is 18.9. The highest BCUT2D eigenvalue weighted by Crippen LogP contribution is 2.45. The van der Waals surface area contributed by atoms with Crippen LogP contribution >= 0.6 is 0 Å². The van der Waals surface area contributed by atoms with Gasteiger partial charge in [-0.1, -0.05) is 48.5 Å². The molecule has 0 saturated heterocycles. The van der Waals surface area contributed by atoms with E-state index in [0.717, 1.165) is 0 Å². The summed E-state index contributed by atoms with van der Waals surface area (Å²) in [5.41, 5.74) is -2.66. The third-order valence-electron chi connectivity index (χ3n) is 8.32. The highest BCUT2D eigenvalue weighted by molar-refractivity contribution is 7.90. The average molecular weight is 632 g/mol. The van der Waals surface area contributed by atoms with E-state index in [-0.39, 0.29) is 56.0 Å². The maximum Gasteiger partial charge on any atom is 0.295 e. The van der Waals surface area contributed by atoms with E-state index in [4.69, 9.17) is 0 Å². The van der Waals surface area contributed by atoms with Crippen LogP contribution in [0.1, 0.15) is 65.0 Å². The summed E-state index contributed by atoms with van der Waals surface area (Å²) in [7, 11) is -10.2. The quantitative estimate of drug-likeness (QED) is 0.234. The molecule has 0 amide bonds. The Labute approximate surface area is 249 Å². The molecular weight excluding hydrogens is 612 g/mol. The average Bonchev–Trinajstić information content (AvgIpc) is 2.96. The maximum atomic E-state index is 13.9. The molecule has 1 unspecified atom stereocenters. The van der Waals surface area contributed by atoms with E-state index >= 15 is 0 Å². The van der Waals surface area contributed by atoms with Crippen molar-refractivity contribution in [2.45, 2.75) is 24.8 Å². The minimum atomic E-state index is -5.12. The van der Waals surface area contributed by atoms with Crippen molar-refractivity contribution in [1.29, 1.82) is 0 Å². The first-order valence-electron chi connectivity index (χ1n) is 13.0. The van der Waals surface area contributed by atoms with Crippen molar-refractivity contribution in [2.24, 2.45) is 0 Å². The molecule has 0 fully saturated rings. The number of nitrogens with one attached hydrogen (secondary N) is 2. The monoisotopic (exact) mass is 631 g/mol. The lowest BCUT2D eigenvalue weighted by Crippen LogP contribution is -2.75. The molecule has 3 aliphatic carbocycles. The summed E-state index contributed by atoms with van der Waals surface area (Å²) >= 11 is 0. The standard InChI is InChI=1S/C30H18N2O10S2/c1-11-21-23(17-19(29(11)43(37,38)39)27(35)15-9-5-3-7-13(15)25(17)33)32-22-12(2)30(44(40,41)42)20-18(24(22)31-21)26(34)14-8-4-6-10-16(14)28(20)36/h3-10,21,31H,1-2H3,(H,37,38,39)(H,40,41,42)/p+1. The third-order valence-corrected chi connectivity index (χ3v) is 10.4. The Morgan fingerprint density at radius 2 is 1.16 bits per heavy atom. The van der Waals surface area contributed by atoms with Gasteiger partial charge >= 0.3 is 0 Å². The molecule has 1 atom stereocenters. The number of hydrogen-bond donors (Lipinski definition) is 4. The molecule has 44 heavy (non-hydrogen) atoms. The van der Waals surface area contributed by atoms with Gasteiger partial charge < -0.3 is 5.32 Å². The lowest BCUT2D eigenvalue weighted by molar-refractivity contribution is -0.356. The first kappa shape index (κ1) is 27.9. The number of Topliss-reactive ketones (excluding diaryl/α,β-unsaturated/α-hetero) is 2. The van der Waals surface area contributed by atoms with E-state index in [1.807, 2.05) is 0 Å². The molecule has 3 aromatic rings. The van der Waals surface area contributed by atoms with Gasteiger partial charge in [0.05, 0.1) is 16.7 Å². The van der Waals surface area contributed by atoms with Crippen molar-refractivity contribution in [3.8, 4) is 0 Å². The van der Waals surface area contributed by atoms with Gasteiger partial charge in [0, 0.05) is 27.8 Å². The minimum absolute atomic E-state index is 0.0255. The molecule has 220 valence electrons. The van der Waals surface area contributed by atoms with E-state index in [2.05, 4.69) is 10.3 Å². The predicted molar refractivity (Wildman–Crippen MR) is 154 cm³/mol. The van der Waals surface area contributed by atoms with Crippen LogP contribution < -0.4 is 10.3 Å². The van der Waals surface area contributed by atoms with E-state index in [1.165, 1.54) is 62.4 Å². The van der Waals surface area contributed by atoms with Gasteiger partial charge in [-0.05, 0) is 19.4 Å². The fraction of sp³-hybridized carbons (Fsp3) is 0.100. The zero-order valence-electron chi connectivity index (χ0n) is 22.7. The van der Waals surface area contributed by atoms with Crippen LogP contribution in [-0.4, -0.2) is 60.8 Å². The summed E-state index contributed by atoms with van der Waals surface area (Å²) in [5.74, 6) is -3.17. The van der Waals surface area contributed by atoms with Crippen molar-refractivity contribution in [3.05, 3.63) is 109 Å². The van der Waals surface area contributed by atoms with Gasteiger partial charge in [-0.2, -0.15) is 16.8 Å². The molecule has 3 aromatic carbocycles. The van der Waals surface area contributed by atoms with Crippen molar-refractivity contribution in [3.63, 3.8) is 0 Å². The third kappa shape index (κ3) is 3.53. The van der Waals surface area contributed by atoms with E-state index in [9.17, 15) is 45.1 Å². The lowest BCUT2D eigenvalue weighted by Gasteiger charge is -2.34. The van der Waals surface area contributed by atoms with Gasteiger partial charge in [-0.25, -0.2) is 4.99 Å². The van der Waals surface area contributed by atoms with Crippen LogP contribution in [0.4, 0.5) is 11.4 Å². The van der Waals surface area contributed by atoms with Gasteiger partial charge in [0.25, 0.3) is 20.2 Å². The van der Waals surface area contributed by atoms with Crippen LogP contribution in [0.2, 0.25) is 0 Å². The van der Waals surface area contributed by atoms with Crippen molar-refractivity contribution >= 4 is 60.5 Å². The zero-order chi connectivity index (χ0) is 31.6. The molecule has 0 spiro atoms. The smallest absolute Gasteiger partial charge is 0.295 e. The number of hydrogen-bond acceptors (Lipinski definition) is 9. The van der Waals surface area contributed by atoms with Crippen molar-refractivity contribution < 1.29 is 50.1 Å². The topological polar surface area (TPSA) is 203 Å². The van der Waals surface area contributed by atoms with Crippen LogP contribution in [0.25, 0.3) is 0 Å². The Hall–Kier alpha value is -4.89. The molecule has 14 heteroatoms. The lowest BCUT2D eigenvalue weighted by atomic mass is 9.74. The number of carbonyl (C=O) groups is 4. The number of allylic oxidation sites excluding steroid dienone is 1. The molecule has 4 aliphatic rings. The molecule has 0 radical (unpaired) electrons. The summed E-state index contributed by atoms with van der Waals surface area (Å²) in [5, 5.41) is 2.99. The summed E-state index contributed by atoms with van der Waals surface area (Å²) in [6.07, 6.45) is 0. The number of ketones is 4. The van der Waals surface area contributed by atoms with E-state index in [1.54, 1.807) is 0 Å².